The lowest BCUT2D eigenvalue weighted by atomic mass is 10.1. The molecule has 0 aromatic heterocycles. The monoisotopic (exact) mass is 204 g/mol. The molecule has 0 aliphatic carbocycles. The molecule has 80 valence electrons. The van der Waals surface area contributed by atoms with E-state index in [0.717, 1.165) is 25.1 Å². The molecule has 0 spiro atoms. The van der Waals surface area contributed by atoms with E-state index in [1.165, 1.54) is 11.3 Å². The van der Waals surface area contributed by atoms with Gasteiger partial charge in [-0.1, -0.05) is 6.07 Å². The molecule has 2 atom stereocenters. The highest BCUT2D eigenvalue weighted by Crippen LogP contribution is 2.41. The standard InChI is InChI=1S/C12H16N2O/c1-15-12-4-2-3-11-10(12)6-9-5-8(13)7-14(9)11/h2-4,8-9H,5-7,13H2,1H3. The Morgan fingerprint density at radius 3 is 3.13 bits per heavy atom. The molecule has 15 heavy (non-hydrogen) atoms. The number of rotatable bonds is 1. The van der Waals surface area contributed by atoms with Gasteiger partial charge in [0, 0.05) is 29.9 Å². The van der Waals surface area contributed by atoms with Gasteiger partial charge in [-0.25, -0.2) is 0 Å². The van der Waals surface area contributed by atoms with Crippen LogP contribution < -0.4 is 15.4 Å². The summed E-state index contributed by atoms with van der Waals surface area (Å²) in [6.07, 6.45) is 2.20. The molecule has 1 saturated heterocycles. The minimum Gasteiger partial charge on any atom is -0.496 e. The summed E-state index contributed by atoms with van der Waals surface area (Å²) < 4.78 is 5.39. The molecule has 2 aliphatic heterocycles. The van der Waals surface area contributed by atoms with Crippen LogP contribution in [-0.4, -0.2) is 25.7 Å². The van der Waals surface area contributed by atoms with Crippen LogP contribution in [0.2, 0.25) is 0 Å². The van der Waals surface area contributed by atoms with E-state index < -0.39 is 0 Å². The fraction of sp³-hybridized carbons (Fsp3) is 0.500. The van der Waals surface area contributed by atoms with Gasteiger partial charge in [-0.05, 0) is 25.0 Å². The predicted molar refractivity (Wildman–Crippen MR) is 60.4 cm³/mol. The predicted octanol–water partition coefficient (Wildman–Crippen LogP) is 1.16. The molecular formula is C12H16N2O. The van der Waals surface area contributed by atoms with Crippen molar-refractivity contribution in [2.75, 3.05) is 18.6 Å². The Balaban J connectivity index is 2.03. The first kappa shape index (κ1) is 9.04. The van der Waals surface area contributed by atoms with E-state index in [-0.39, 0.29) is 0 Å². The second kappa shape index (κ2) is 3.14. The van der Waals surface area contributed by atoms with Crippen LogP contribution in [0.15, 0.2) is 18.2 Å². The summed E-state index contributed by atoms with van der Waals surface area (Å²) in [7, 11) is 1.74. The second-order valence-corrected chi connectivity index (χ2v) is 4.46. The molecule has 2 heterocycles. The Morgan fingerprint density at radius 2 is 2.33 bits per heavy atom. The van der Waals surface area contributed by atoms with Gasteiger partial charge in [-0.2, -0.15) is 0 Å². The summed E-state index contributed by atoms with van der Waals surface area (Å²) in [5.41, 5.74) is 8.66. The molecule has 3 rings (SSSR count). The highest BCUT2D eigenvalue weighted by atomic mass is 16.5. The lowest BCUT2D eigenvalue weighted by molar-refractivity contribution is 0.410. The Hall–Kier alpha value is -1.22. The SMILES string of the molecule is COc1cccc2c1CC1CC(N)CN21. The van der Waals surface area contributed by atoms with Crippen LogP contribution in [-0.2, 0) is 6.42 Å². The van der Waals surface area contributed by atoms with Gasteiger partial charge in [-0.3, -0.25) is 0 Å². The molecule has 2 N–H and O–H groups in total. The third-order valence-electron chi connectivity index (χ3n) is 3.52. The molecule has 0 saturated carbocycles. The summed E-state index contributed by atoms with van der Waals surface area (Å²) in [6.45, 7) is 0.991. The number of benzene rings is 1. The lowest BCUT2D eigenvalue weighted by Gasteiger charge is -2.18. The molecule has 2 aliphatic rings. The maximum atomic E-state index is 5.98. The first-order valence-electron chi connectivity index (χ1n) is 5.47. The van der Waals surface area contributed by atoms with E-state index in [1.807, 2.05) is 6.07 Å². The molecule has 2 unspecified atom stereocenters. The first-order chi connectivity index (χ1) is 7.29. The number of nitrogens with two attached hydrogens (primary N) is 1. The zero-order chi connectivity index (χ0) is 10.4. The van der Waals surface area contributed by atoms with Gasteiger partial charge in [0.1, 0.15) is 5.75 Å². The van der Waals surface area contributed by atoms with E-state index in [2.05, 4.69) is 17.0 Å². The number of fused-ring (bicyclic) bond motifs is 3. The maximum Gasteiger partial charge on any atom is 0.124 e. The molecule has 0 amide bonds. The van der Waals surface area contributed by atoms with Crippen LogP contribution in [0.5, 0.6) is 5.75 Å². The van der Waals surface area contributed by atoms with Gasteiger partial charge in [-0.15, -0.1) is 0 Å². The zero-order valence-electron chi connectivity index (χ0n) is 8.94. The Bertz CT molecular complexity index is 391. The average Bonchev–Trinajstić information content (AvgIpc) is 2.73. The van der Waals surface area contributed by atoms with Gasteiger partial charge in [0.05, 0.1) is 7.11 Å². The summed E-state index contributed by atoms with van der Waals surface area (Å²) >= 11 is 0. The van der Waals surface area contributed by atoms with Gasteiger partial charge in [0.15, 0.2) is 0 Å². The number of methoxy groups -OCH3 is 1. The summed E-state index contributed by atoms with van der Waals surface area (Å²) in [5, 5.41) is 0. The average molecular weight is 204 g/mol. The van der Waals surface area contributed by atoms with Crippen molar-refractivity contribution in [3.8, 4) is 5.75 Å². The van der Waals surface area contributed by atoms with Crippen molar-refractivity contribution < 1.29 is 4.74 Å². The van der Waals surface area contributed by atoms with Crippen molar-refractivity contribution in [3.63, 3.8) is 0 Å². The van der Waals surface area contributed by atoms with Crippen molar-refractivity contribution >= 4 is 5.69 Å². The van der Waals surface area contributed by atoms with Crippen molar-refractivity contribution in [2.45, 2.75) is 24.9 Å². The van der Waals surface area contributed by atoms with Gasteiger partial charge < -0.3 is 15.4 Å². The molecule has 1 aromatic rings. The number of ether oxygens (including phenoxy) is 1. The van der Waals surface area contributed by atoms with E-state index >= 15 is 0 Å². The van der Waals surface area contributed by atoms with Crippen molar-refractivity contribution in [3.05, 3.63) is 23.8 Å². The molecule has 0 radical (unpaired) electrons. The number of anilines is 1. The fourth-order valence-corrected chi connectivity index (χ4v) is 2.90. The normalized spacial score (nSPS) is 27.7. The fourth-order valence-electron chi connectivity index (χ4n) is 2.90. The highest BCUT2D eigenvalue weighted by molar-refractivity contribution is 5.65. The van der Waals surface area contributed by atoms with Crippen LogP contribution in [0, 0.1) is 0 Å². The number of nitrogens with zero attached hydrogens (tertiary/aromatic N) is 1. The van der Waals surface area contributed by atoms with Gasteiger partial charge >= 0.3 is 0 Å². The second-order valence-electron chi connectivity index (χ2n) is 4.46. The largest absolute Gasteiger partial charge is 0.496 e. The molecule has 0 bridgehead atoms. The third kappa shape index (κ3) is 1.23. The van der Waals surface area contributed by atoms with E-state index in [4.69, 9.17) is 10.5 Å². The Kier molecular flexibility index (Phi) is 1.89. The summed E-state index contributed by atoms with van der Waals surface area (Å²) in [5.74, 6) is 1.02. The van der Waals surface area contributed by atoms with Crippen LogP contribution >= 0.6 is 0 Å². The van der Waals surface area contributed by atoms with Crippen LogP contribution in [0.4, 0.5) is 5.69 Å². The van der Waals surface area contributed by atoms with Crippen molar-refractivity contribution in [1.29, 1.82) is 0 Å². The van der Waals surface area contributed by atoms with Gasteiger partial charge in [0.25, 0.3) is 0 Å². The number of hydrogen-bond donors (Lipinski definition) is 1. The quantitative estimate of drug-likeness (QED) is 0.746. The Morgan fingerprint density at radius 1 is 1.47 bits per heavy atom. The van der Waals surface area contributed by atoms with Crippen molar-refractivity contribution in [2.24, 2.45) is 5.73 Å². The van der Waals surface area contributed by atoms with E-state index in [9.17, 15) is 0 Å². The molecule has 1 fully saturated rings. The third-order valence-corrected chi connectivity index (χ3v) is 3.52. The minimum absolute atomic E-state index is 0.342. The highest BCUT2D eigenvalue weighted by Gasteiger charge is 2.37. The number of hydrogen-bond acceptors (Lipinski definition) is 3. The first-order valence-corrected chi connectivity index (χ1v) is 5.47. The smallest absolute Gasteiger partial charge is 0.124 e. The zero-order valence-corrected chi connectivity index (χ0v) is 8.94. The molecule has 1 aromatic carbocycles. The molecule has 3 nitrogen and oxygen atoms in total. The summed E-state index contributed by atoms with van der Waals surface area (Å²) in [6, 6.07) is 7.22. The molecular weight excluding hydrogens is 188 g/mol. The Labute approximate surface area is 89.8 Å². The summed E-state index contributed by atoms with van der Waals surface area (Å²) in [4.78, 5) is 2.43. The van der Waals surface area contributed by atoms with Crippen LogP contribution in [0.25, 0.3) is 0 Å². The topological polar surface area (TPSA) is 38.5 Å². The molecule has 3 heteroatoms. The van der Waals surface area contributed by atoms with Crippen LogP contribution in [0.1, 0.15) is 12.0 Å². The van der Waals surface area contributed by atoms with Crippen LogP contribution in [0.3, 0.4) is 0 Å². The van der Waals surface area contributed by atoms with Gasteiger partial charge in [0.2, 0.25) is 0 Å². The van der Waals surface area contributed by atoms with E-state index in [1.54, 1.807) is 7.11 Å². The maximum absolute atomic E-state index is 5.98. The van der Waals surface area contributed by atoms with Crippen molar-refractivity contribution in [1.82, 2.24) is 0 Å². The lowest BCUT2D eigenvalue weighted by Crippen LogP contribution is -2.27. The van der Waals surface area contributed by atoms with E-state index in [0.29, 0.717) is 12.1 Å². The minimum atomic E-state index is 0.342.